The number of carbonyl (C=O) groups excluding carboxylic acids is 1. The number of rotatable bonds is 4. The van der Waals surface area contributed by atoms with Crippen molar-refractivity contribution in [2.75, 3.05) is 31.1 Å². The van der Waals surface area contributed by atoms with Crippen LogP contribution in [0.1, 0.15) is 29.8 Å². The summed E-state index contributed by atoms with van der Waals surface area (Å²) in [6.45, 7) is 4.62. The molecule has 8 heteroatoms. The number of halogens is 2. The van der Waals surface area contributed by atoms with Crippen molar-refractivity contribution in [1.29, 1.82) is 0 Å². The molecule has 1 aromatic heterocycles. The molecule has 156 valence electrons. The van der Waals surface area contributed by atoms with E-state index in [4.69, 9.17) is 11.6 Å². The molecule has 0 N–H and O–H groups in total. The Morgan fingerprint density at radius 1 is 1.07 bits per heavy atom. The average Bonchev–Trinajstić information content (AvgIpc) is 3.04. The van der Waals surface area contributed by atoms with E-state index in [0.717, 1.165) is 18.7 Å². The Labute approximate surface area is 179 Å². The maximum absolute atomic E-state index is 13.2. The lowest BCUT2D eigenvalue weighted by atomic mass is 10.2. The monoisotopic (exact) mass is 427 g/mol. The van der Waals surface area contributed by atoms with Gasteiger partial charge in [0.1, 0.15) is 11.6 Å². The molecular weight excluding hydrogens is 405 g/mol. The predicted octanol–water partition coefficient (Wildman–Crippen LogP) is 3.97. The number of aromatic nitrogens is 3. The minimum Gasteiger partial charge on any atom is -0.370 e. The van der Waals surface area contributed by atoms with Gasteiger partial charge in [-0.2, -0.15) is 0 Å². The van der Waals surface area contributed by atoms with Crippen molar-refractivity contribution in [3.8, 4) is 5.69 Å². The van der Waals surface area contributed by atoms with E-state index >= 15 is 0 Å². The van der Waals surface area contributed by atoms with E-state index in [9.17, 15) is 9.18 Å². The fraction of sp³-hybridized carbons (Fsp3) is 0.318. The largest absolute Gasteiger partial charge is 0.370 e. The lowest BCUT2D eigenvalue weighted by Crippen LogP contribution is -2.35. The molecule has 2 heterocycles. The molecular formula is C22H23ClFN5O. The van der Waals surface area contributed by atoms with Gasteiger partial charge in [0.2, 0.25) is 5.82 Å². The van der Waals surface area contributed by atoms with Crippen LogP contribution in [0, 0.1) is 5.82 Å². The Kier molecular flexibility index (Phi) is 5.99. The molecule has 0 radical (unpaired) electrons. The summed E-state index contributed by atoms with van der Waals surface area (Å²) in [6, 6.07) is 13.8. The minimum absolute atomic E-state index is 0.182. The van der Waals surface area contributed by atoms with Gasteiger partial charge < -0.3 is 9.80 Å². The first kappa shape index (κ1) is 20.3. The number of hydrogen-bond donors (Lipinski definition) is 0. The topological polar surface area (TPSA) is 54.3 Å². The van der Waals surface area contributed by atoms with Crippen molar-refractivity contribution in [1.82, 2.24) is 19.7 Å². The van der Waals surface area contributed by atoms with Crippen molar-refractivity contribution >= 4 is 23.2 Å². The van der Waals surface area contributed by atoms with E-state index in [1.165, 1.54) is 12.1 Å². The summed E-state index contributed by atoms with van der Waals surface area (Å²) in [7, 11) is 0. The van der Waals surface area contributed by atoms with Crippen LogP contribution >= 0.6 is 11.6 Å². The molecule has 0 atom stereocenters. The fourth-order valence-corrected chi connectivity index (χ4v) is 3.87. The van der Waals surface area contributed by atoms with Crippen LogP contribution in [0.15, 0.2) is 48.5 Å². The van der Waals surface area contributed by atoms with E-state index in [0.29, 0.717) is 42.6 Å². The second-order valence-electron chi connectivity index (χ2n) is 7.18. The molecule has 1 saturated heterocycles. The Morgan fingerprint density at radius 2 is 1.83 bits per heavy atom. The van der Waals surface area contributed by atoms with Crippen LogP contribution in [0.25, 0.3) is 5.69 Å². The zero-order valence-electron chi connectivity index (χ0n) is 16.8. The predicted molar refractivity (Wildman–Crippen MR) is 115 cm³/mol. The molecule has 0 unspecified atom stereocenters. The number of carbonyl (C=O) groups is 1. The van der Waals surface area contributed by atoms with Gasteiger partial charge in [-0.3, -0.25) is 4.79 Å². The minimum atomic E-state index is -0.253. The van der Waals surface area contributed by atoms with Gasteiger partial charge in [0.15, 0.2) is 0 Å². The highest BCUT2D eigenvalue weighted by Crippen LogP contribution is 2.22. The molecule has 30 heavy (non-hydrogen) atoms. The van der Waals surface area contributed by atoms with Gasteiger partial charge in [0.05, 0.1) is 10.7 Å². The van der Waals surface area contributed by atoms with E-state index in [-0.39, 0.29) is 17.5 Å². The maximum atomic E-state index is 13.2. The average molecular weight is 428 g/mol. The Hall–Kier alpha value is -2.93. The quantitative estimate of drug-likeness (QED) is 0.632. The molecule has 4 rings (SSSR count). The second kappa shape index (κ2) is 8.83. The summed E-state index contributed by atoms with van der Waals surface area (Å²) in [4.78, 5) is 21.6. The number of hydrogen-bond acceptors (Lipinski definition) is 4. The molecule has 1 aliphatic rings. The fourth-order valence-electron chi connectivity index (χ4n) is 3.65. The Morgan fingerprint density at radius 3 is 2.57 bits per heavy atom. The van der Waals surface area contributed by atoms with Crippen LogP contribution in [0.5, 0.6) is 0 Å². The van der Waals surface area contributed by atoms with Crippen molar-refractivity contribution in [2.45, 2.75) is 19.8 Å². The first-order valence-corrected chi connectivity index (χ1v) is 10.4. The lowest BCUT2D eigenvalue weighted by Gasteiger charge is -2.23. The first-order chi connectivity index (χ1) is 14.6. The Balaban J connectivity index is 1.52. The number of amides is 1. The molecule has 3 aromatic rings. The van der Waals surface area contributed by atoms with E-state index in [2.05, 4.69) is 15.0 Å². The summed E-state index contributed by atoms with van der Waals surface area (Å²) >= 11 is 6.32. The van der Waals surface area contributed by atoms with Crippen LogP contribution in [0.4, 0.5) is 10.1 Å². The second-order valence-corrected chi connectivity index (χ2v) is 7.58. The van der Waals surface area contributed by atoms with E-state index < -0.39 is 0 Å². The van der Waals surface area contributed by atoms with Crippen LogP contribution in [0.2, 0.25) is 5.02 Å². The third kappa shape index (κ3) is 4.16. The van der Waals surface area contributed by atoms with Gasteiger partial charge in [-0.1, -0.05) is 30.7 Å². The number of benzene rings is 2. The van der Waals surface area contributed by atoms with Gasteiger partial charge in [-0.15, -0.1) is 5.10 Å². The number of para-hydroxylation sites is 1. The molecule has 1 aliphatic heterocycles. The molecule has 0 aliphatic carbocycles. The molecule has 6 nitrogen and oxygen atoms in total. The summed E-state index contributed by atoms with van der Waals surface area (Å²) in [6.07, 6.45) is 1.44. The SMILES string of the molecule is CCc1nc(C(=O)N2CCCN(c3ccc(F)cc3)CC2)nn1-c1ccccc1Cl. The third-order valence-corrected chi connectivity index (χ3v) is 5.56. The maximum Gasteiger partial charge on any atom is 0.293 e. The molecule has 0 spiro atoms. The third-order valence-electron chi connectivity index (χ3n) is 5.24. The zero-order valence-corrected chi connectivity index (χ0v) is 17.5. The molecule has 1 fully saturated rings. The van der Waals surface area contributed by atoms with Gasteiger partial charge in [0, 0.05) is 38.3 Å². The summed E-state index contributed by atoms with van der Waals surface area (Å²) in [5.41, 5.74) is 1.67. The lowest BCUT2D eigenvalue weighted by molar-refractivity contribution is 0.0755. The van der Waals surface area contributed by atoms with Crippen molar-refractivity contribution in [3.05, 3.63) is 71.0 Å². The van der Waals surface area contributed by atoms with E-state index in [1.54, 1.807) is 27.8 Å². The highest BCUT2D eigenvalue weighted by atomic mass is 35.5. The summed E-state index contributed by atoms with van der Waals surface area (Å²) in [5.74, 6) is 0.435. The Bertz CT molecular complexity index is 1040. The van der Waals surface area contributed by atoms with Gasteiger partial charge in [0.25, 0.3) is 5.91 Å². The number of nitrogens with zero attached hydrogens (tertiary/aromatic N) is 5. The van der Waals surface area contributed by atoms with Crippen LogP contribution < -0.4 is 4.90 Å². The van der Waals surface area contributed by atoms with Crippen LogP contribution in [0.3, 0.4) is 0 Å². The smallest absolute Gasteiger partial charge is 0.293 e. The highest BCUT2D eigenvalue weighted by Gasteiger charge is 2.25. The highest BCUT2D eigenvalue weighted by molar-refractivity contribution is 6.32. The molecule has 2 aromatic carbocycles. The molecule has 0 bridgehead atoms. The van der Waals surface area contributed by atoms with Crippen molar-refractivity contribution in [3.63, 3.8) is 0 Å². The van der Waals surface area contributed by atoms with Crippen LogP contribution in [-0.4, -0.2) is 51.8 Å². The number of anilines is 1. The summed E-state index contributed by atoms with van der Waals surface area (Å²) in [5, 5.41) is 5.04. The molecule has 0 saturated carbocycles. The standard InChI is InChI=1S/C22H23ClFN5O/c1-2-20-25-21(26-29(20)19-7-4-3-6-18(19)23)22(30)28-13-5-12-27(14-15-28)17-10-8-16(24)9-11-17/h3-4,6-11H,2,5,12-15H2,1H3. The molecule has 1 amide bonds. The zero-order chi connectivity index (χ0) is 21.1. The number of aryl methyl sites for hydroxylation is 1. The van der Waals surface area contributed by atoms with Gasteiger partial charge in [-0.05, 0) is 42.8 Å². The first-order valence-electron chi connectivity index (χ1n) is 10.1. The summed E-state index contributed by atoms with van der Waals surface area (Å²) < 4.78 is 14.9. The normalized spacial score (nSPS) is 14.6. The van der Waals surface area contributed by atoms with Crippen LogP contribution in [-0.2, 0) is 6.42 Å². The van der Waals surface area contributed by atoms with Crippen molar-refractivity contribution < 1.29 is 9.18 Å². The van der Waals surface area contributed by atoms with Gasteiger partial charge in [-0.25, -0.2) is 14.1 Å². The van der Waals surface area contributed by atoms with Crippen molar-refractivity contribution in [2.24, 2.45) is 0 Å². The van der Waals surface area contributed by atoms with Gasteiger partial charge >= 0.3 is 0 Å². The van der Waals surface area contributed by atoms with E-state index in [1.807, 2.05) is 25.1 Å².